The van der Waals surface area contributed by atoms with Crippen LogP contribution in [0.1, 0.15) is 42.6 Å². The van der Waals surface area contributed by atoms with E-state index in [1.807, 2.05) is 44.2 Å². The van der Waals surface area contributed by atoms with Crippen LogP contribution in [0.25, 0.3) is 11.1 Å². The maximum atomic E-state index is 12.2. The van der Waals surface area contributed by atoms with Crippen LogP contribution in [0.3, 0.4) is 0 Å². The largest absolute Gasteiger partial charge is 0.493 e. The van der Waals surface area contributed by atoms with Crippen LogP contribution in [0.15, 0.2) is 30.3 Å². The van der Waals surface area contributed by atoms with Crippen LogP contribution < -0.4 is 14.2 Å². The van der Waals surface area contributed by atoms with Gasteiger partial charge in [0.15, 0.2) is 17.3 Å². The zero-order valence-electron chi connectivity index (χ0n) is 17.9. The lowest BCUT2D eigenvalue weighted by molar-refractivity contribution is -0.145. The molecule has 1 aliphatic rings. The van der Waals surface area contributed by atoms with E-state index in [-0.39, 0.29) is 30.9 Å². The molecule has 3 rings (SSSR count). The summed E-state index contributed by atoms with van der Waals surface area (Å²) in [5, 5.41) is 0. The number of Topliss-reactive ketones (excluding diaryl/α,β-unsaturated/α-hetero) is 1. The van der Waals surface area contributed by atoms with Gasteiger partial charge in [-0.1, -0.05) is 32.0 Å². The van der Waals surface area contributed by atoms with Gasteiger partial charge in [-0.05, 0) is 35.6 Å². The number of carbonyl (C=O) groups is 2. The molecule has 6 nitrogen and oxygen atoms in total. The number of benzene rings is 2. The number of rotatable bonds is 9. The molecule has 0 heterocycles. The quantitative estimate of drug-likeness (QED) is 0.447. The molecule has 0 spiro atoms. The molecule has 1 aliphatic carbocycles. The lowest BCUT2D eigenvalue weighted by Gasteiger charge is -2.19. The molecule has 0 saturated heterocycles. The highest BCUT2D eigenvalue weighted by molar-refractivity contribution is 6.02. The molecule has 0 saturated carbocycles. The van der Waals surface area contributed by atoms with E-state index in [1.54, 1.807) is 14.2 Å². The fourth-order valence-electron chi connectivity index (χ4n) is 3.69. The summed E-state index contributed by atoms with van der Waals surface area (Å²) in [4.78, 5) is 24.0. The molecule has 0 radical (unpaired) electrons. The predicted molar refractivity (Wildman–Crippen MR) is 114 cm³/mol. The molecule has 6 heteroatoms. The van der Waals surface area contributed by atoms with Gasteiger partial charge in [0.1, 0.15) is 13.2 Å². The second-order valence-corrected chi connectivity index (χ2v) is 7.60. The van der Waals surface area contributed by atoms with E-state index in [2.05, 4.69) is 0 Å². The fourth-order valence-corrected chi connectivity index (χ4v) is 3.69. The summed E-state index contributed by atoms with van der Waals surface area (Å²) in [5.41, 5.74) is 3.53. The molecule has 0 aliphatic heterocycles. The number of ether oxygens (including phenoxy) is 4. The first kappa shape index (κ1) is 21.7. The fraction of sp³-hybridized carbons (Fsp3) is 0.417. The molecule has 2 aromatic carbocycles. The number of methoxy groups -OCH3 is 2. The van der Waals surface area contributed by atoms with E-state index >= 15 is 0 Å². The minimum atomic E-state index is -0.245. The number of hydrogen-bond donors (Lipinski definition) is 0. The minimum absolute atomic E-state index is 0.136. The van der Waals surface area contributed by atoms with Crippen molar-refractivity contribution in [1.29, 1.82) is 0 Å². The number of fused-ring (bicyclic) bond motifs is 1. The van der Waals surface area contributed by atoms with Gasteiger partial charge in [-0.3, -0.25) is 9.59 Å². The van der Waals surface area contributed by atoms with Crippen LogP contribution >= 0.6 is 0 Å². The summed E-state index contributed by atoms with van der Waals surface area (Å²) in [7, 11) is 3.12. The van der Waals surface area contributed by atoms with Crippen molar-refractivity contribution in [1.82, 2.24) is 0 Å². The van der Waals surface area contributed by atoms with Gasteiger partial charge in [-0.2, -0.15) is 0 Å². The SMILES string of the molecule is COc1ccc(-c2cccc3c2CCC3=O)c(OCCOC(=O)CC(C)C)c1OC. The molecule has 160 valence electrons. The third-order valence-electron chi connectivity index (χ3n) is 5.04. The zero-order chi connectivity index (χ0) is 21.7. The minimum Gasteiger partial charge on any atom is -0.493 e. The molecule has 0 amide bonds. The van der Waals surface area contributed by atoms with Crippen molar-refractivity contribution in [2.24, 2.45) is 5.92 Å². The second-order valence-electron chi connectivity index (χ2n) is 7.60. The summed E-state index contributed by atoms with van der Waals surface area (Å²) < 4.78 is 22.3. The third kappa shape index (κ3) is 4.58. The highest BCUT2D eigenvalue weighted by Gasteiger charge is 2.26. The Bertz CT molecular complexity index is 932. The number of carbonyl (C=O) groups excluding carboxylic acids is 2. The van der Waals surface area contributed by atoms with Gasteiger partial charge in [0.25, 0.3) is 0 Å². The predicted octanol–water partition coefficient (Wildman–Crippen LogP) is 4.47. The van der Waals surface area contributed by atoms with E-state index in [0.29, 0.717) is 36.5 Å². The summed E-state index contributed by atoms with van der Waals surface area (Å²) in [5.74, 6) is 1.66. The number of hydrogen-bond acceptors (Lipinski definition) is 6. The number of esters is 1. The van der Waals surface area contributed by atoms with Crippen molar-refractivity contribution >= 4 is 11.8 Å². The molecule has 0 bridgehead atoms. The Labute approximate surface area is 177 Å². The second kappa shape index (κ2) is 9.65. The van der Waals surface area contributed by atoms with Crippen LogP contribution in [0.2, 0.25) is 0 Å². The molecule has 30 heavy (non-hydrogen) atoms. The van der Waals surface area contributed by atoms with Crippen molar-refractivity contribution in [2.45, 2.75) is 33.1 Å². The first-order valence-corrected chi connectivity index (χ1v) is 10.1. The lowest BCUT2D eigenvalue weighted by Crippen LogP contribution is -2.14. The normalized spacial score (nSPS) is 12.6. The van der Waals surface area contributed by atoms with Crippen LogP contribution in [0, 0.1) is 5.92 Å². The molecule has 0 unspecified atom stereocenters. The topological polar surface area (TPSA) is 71.1 Å². The van der Waals surface area contributed by atoms with Crippen LogP contribution in [0.5, 0.6) is 17.2 Å². The van der Waals surface area contributed by atoms with E-state index in [1.165, 1.54) is 0 Å². The van der Waals surface area contributed by atoms with Crippen LogP contribution in [0.4, 0.5) is 0 Å². The standard InChI is InChI=1S/C24H28O6/c1-15(2)14-22(26)29-12-13-30-23-19(9-11-21(27-3)24(23)28-4)16-6-5-7-18-17(16)8-10-20(18)25/h5-7,9,11,15H,8,10,12-14H2,1-4H3. The van der Waals surface area contributed by atoms with Crippen molar-refractivity contribution in [3.05, 3.63) is 41.5 Å². The first-order chi connectivity index (χ1) is 14.5. The molecular weight excluding hydrogens is 384 g/mol. The summed E-state index contributed by atoms with van der Waals surface area (Å²) in [6, 6.07) is 9.45. The third-order valence-corrected chi connectivity index (χ3v) is 5.04. The Balaban J connectivity index is 1.90. The highest BCUT2D eigenvalue weighted by atomic mass is 16.6. The average Bonchev–Trinajstić information content (AvgIpc) is 3.11. The lowest BCUT2D eigenvalue weighted by atomic mass is 9.95. The summed E-state index contributed by atoms with van der Waals surface area (Å²) in [6.45, 7) is 4.24. The first-order valence-electron chi connectivity index (χ1n) is 10.1. The molecule has 0 fully saturated rings. The average molecular weight is 412 g/mol. The summed E-state index contributed by atoms with van der Waals surface area (Å²) >= 11 is 0. The summed E-state index contributed by atoms with van der Waals surface area (Å²) in [6.07, 6.45) is 1.59. The van der Waals surface area contributed by atoms with Gasteiger partial charge >= 0.3 is 5.97 Å². The Hall–Kier alpha value is -3.02. The molecule has 2 aromatic rings. The van der Waals surface area contributed by atoms with Gasteiger partial charge in [0.2, 0.25) is 5.75 Å². The highest BCUT2D eigenvalue weighted by Crippen LogP contribution is 2.46. The van der Waals surface area contributed by atoms with E-state index in [9.17, 15) is 9.59 Å². The van der Waals surface area contributed by atoms with Gasteiger partial charge in [0, 0.05) is 24.0 Å². The smallest absolute Gasteiger partial charge is 0.306 e. The zero-order valence-corrected chi connectivity index (χ0v) is 17.9. The molecular formula is C24H28O6. The van der Waals surface area contributed by atoms with Crippen LogP contribution in [-0.2, 0) is 16.0 Å². The Morgan fingerprint density at radius 3 is 2.40 bits per heavy atom. The van der Waals surface area contributed by atoms with Crippen molar-refractivity contribution in [2.75, 3.05) is 27.4 Å². The Morgan fingerprint density at radius 2 is 1.70 bits per heavy atom. The maximum absolute atomic E-state index is 12.2. The van der Waals surface area contributed by atoms with Crippen molar-refractivity contribution in [3.8, 4) is 28.4 Å². The molecule has 0 atom stereocenters. The van der Waals surface area contributed by atoms with E-state index < -0.39 is 0 Å². The van der Waals surface area contributed by atoms with E-state index in [4.69, 9.17) is 18.9 Å². The Morgan fingerprint density at radius 1 is 0.933 bits per heavy atom. The van der Waals surface area contributed by atoms with Gasteiger partial charge in [-0.25, -0.2) is 0 Å². The maximum Gasteiger partial charge on any atom is 0.306 e. The van der Waals surface area contributed by atoms with Crippen molar-refractivity contribution in [3.63, 3.8) is 0 Å². The molecule has 0 aromatic heterocycles. The van der Waals surface area contributed by atoms with Gasteiger partial charge in [0.05, 0.1) is 14.2 Å². The van der Waals surface area contributed by atoms with Gasteiger partial charge < -0.3 is 18.9 Å². The van der Waals surface area contributed by atoms with Crippen molar-refractivity contribution < 1.29 is 28.5 Å². The number of ketones is 1. The molecule has 0 N–H and O–H groups in total. The Kier molecular flexibility index (Phi) is 6.98. The van der Waals surface area contributed by atoms with Crippen LogP contribution in [-0.4, -0.2) is 39.2 Å². The van der Waals surface area contributed by atoms with Gasteiger partial charge in [-0.15, -0.1) is 0 Å². The van der Waals surface area contributed by atoms with E-state index in [0.717, 1.165) is 22.3 Å². The monoisotopic (exact) mass is 412 g/mol.